The molecule has 2 aromatic carbocycles. The van der Waals surface area contributed by atoms with Crippen LogP contribution < -0.4 is 19.8 Å². The first-order chi connectivity index (χ1) is 13.6. The van der Waals surface area contributed by atoms with Crippen molar-refractivity contribution in [3.05, 3.63) is 52.0 Å². The minimum atomic E-state index is -0.248. The van der Waals surface area contributed by atoms with Crippen molar-refractivity contribution in [1.29, 1.82) is 0 Å². The van der Waals surface area contributed by atoms with E-state index >= 15 is 0 Å². The number of nitrogens with zero attached hydrogens (tertiary/aromatic N) is 2. The van der Waals surface area contributed by atoms with Gasteiger partial charge in [-0.1, -0.05) is 0 Å². The highest BCUT2D eigenvalue weighted by Crippen LogP contribution is 2.36. The number of hydrazone groups is 1. The summed E-state index contributed by atoms with van der Waals surface area (Å²) in [6.45, 7) is 4.59. The van der Waals surface area contributed by atoms with Crippen LogP contribution in [0.25, 0.3) is 0 Å². The van der Waals surface area contributed by atoms with Crippen molar-refractivity contribution in [3.63, 3.8) is 0 Å². The van der Waals surface area contributed by atoms with Crippen LogP contribution in [0.15, 0.2) is 46.0 Å². The third kappa shape index (κ3) is 4.84. The first-order valence-electron chi connectivity index (χ1n) is 9.31. The molecule has 0 aromatic heterocycles. The van der Waals surface area contributed by atoms with Crippen molar-refractivity contribution < 1.29 is 14.3 Å². The fourth-order valence-electron chi connectivity index (χ4n) is 3.15. The third-order valence-corrected chi connectivity index (χ3v) is 5.11. The molecule has 0 bridgehead atoms. The van der Waals surface area contributed by atoms with Gasteiger partial charge in [-0.25, -0.2) is 5.43 Å². The van der Waals surface area contributed by atoms with Gasteiger partial charge in [-0.05, 0) is 77.7 Å². The number of methoxy groups -OCH3 is 1. The Kier molecular flexibility index (Phi) is 6.92. The number of nitrogens with one attached hydrogen (secondary N) is 1. The van der Waals surface area contributed by atoms with Gasteiger partial charge in [0.1, 0.15) is 0 Å². The quantitative estimate of drug-likeness (QED) is 0.511. The number of hydrogen-bond donors (Lipinski definition) is 1. The number of hydrogen-bond acceptors (Lipinski definition) is 5. The van der Waals surface area contributed by atoms with Crippen molar-refractivity contribution >= 4 is 33.7 Å². The van der Waals surface area contributed by atoms with Crippen LogP contribution in [0.2, 0.25) is 0 Å². The average Bonchev–Trinajstić information content (AvgIpc) is 3.23. The molecular formula is C21H24BrN3O3. The van der Waals surface area contributed by atoms with Crippen molar-refractivity contribution in [2.24, 2.45) is 5.10 Å². The molecule has 0 aliphatic carbocycles. The van der Waals surface area contributed by atoms with Gasteiger partial charge in [-0.3, -0.25) is 4.79 Å². The van der Waals surface area contributed by atoms with Crippen molar-refractivity contribution in [3.8, 4) is 11.5 Å². The molecule has 1 fully saturated rings. The van der Waals surface area contributed by atoms with Crippen LogP contribution in [-0.4, -0.2) is 38.9 Å². The average molecular weight is 446 g/mol. The number of carbonyl (C=O) groups excluding carboxylic acids is 1. The van der Waals surface area contributed by atoms with Crippen LogP contribution in [0.5, 0.6) is 11.5 Å². The minimum absolute atomic E-state index is 0.248. The molecule has 6 nitrogen and oxygen atoms in total. The third-order valence-electron chi connectivity index (χ3n) is 4.52. The standard InChI is InChI=1S/C21H24BrN3O3/c1-3-28-19-13-15(12-18(22)20(19)27-2)14-23-24-21(26)16-6-8-17(9-7-16)25-10-4-5-11-25/h6-9,12-14H,3-5,10-11H2,1-2H3,(H,24,26)/b23-14-. The number of ether oxygens (including phenoxy) is 2. The zero-order chi connectivity index (χ0) is 19.9. The van der Waals surface area contributed by atoms with E-state index in [4.69, 9.17) is 9.47 Å². The zero-order valence-corrected chi connectivity index (χ0v) is 17.7. The summed E-state index contributed by atoms with van der Waals surface area (Å²) in [5.41, 5.74) is 5.08. The molecule has 1 N–H and O–H groups in total. The fraction of sp³-hybridized carbons (Fsp3) is 0.333. The lowest BCUT2D eigenvalue weighted by molar-refractivity contribution is 0.0955. The Morgan fingerprint density at radius 1 is 1.25 bits per heavy atom. The summed E-state index contributed by atoms with van der Waals surface area (Å²) in [6, 6.07) is 11.3. The molecule has 1 amide bonds. The summed E-state index contributed by atoms with van der Waals surface area (Å²) in [5, 5.41) is 4.06. The Labute approximate surface area is 173 Å². The lowest BCUT2D eigenvalue weighted by atomic mass is 10.2. The lowest BCUT2D eigenvalue weighted by Crippen LogP contribution is -2.19. The smallest absolute Gasteiger partial charge is 0.271 e. The highest BCUT2D eigenvalue weighted by atomic mass is 79.9. The Morgan fingerprint density at radius 2 is 1.96 bits per heavy atom. The van der Waals surface area contributed by atoms with E-state index in [1.54, 1.807) is 13.3 Å². The van der Waals surface area contributed by atoms with E-state index in [0.717, 1.165) is 28.8 Å². The van der Waals surface area contributed by atoms with Gasteiger partial charge in [-0.15, -0.1) is 0 Å². The van der Waals surface area contributed by atoms with Crippen LogP contribution >= 0.6 is 15.9 Å². The molecular weight excluding hydrogens is 422 g/mol. The maximum absolute atomic E-state index is 12.3. The summed E-state index contributed by atoms with van der Waals surface area (Å²) in [7, 11) is 1.59. The van der Waals surface area contributed by atoms with E-state index in [1.165, 1.54) is 12.8 Å². The van der Waals surface area contributed by atoms with Crippen molar-refractivity contribution in [2.75, 3.05) is 31.7 Å². The number of amides is 1. The molecule has 148 valence electrons. The first-order valence-corrected chi connectivity index (χ1v) is 10.1. The van der Waals surface area contributed by atoms with E-state index in [1.807, 2.05) is 43.3 Å². The number of rotatable bonds is 7. The minimum Gasteiger partial charge on any atom is -0.492 e. The Bertz CT molecular complexity index is 847. The summed E-state index contributed by atoms with van der Waals surface area (Å²) >= 11 is 3.46. The van der Waals surface area contributed by atoms with Gasteiger partial charge >= 0.3 is 0 Å². The molecule has 1 aliphatic heterocycles. The topological polar surface area (TPSA) is 63.2 Å². The maximum atomic E-state index is 12.3. The molecule has 0 radical (unpaired) electrons. The van der Waals surface area contributed by atoms with Gasteiger partial charge < -0.3 is 14.4 Å². The van der Waals surface area contributed by atoms with Gasteiger partial charge in [0, 0.05) is 24.3 Å². The van der Waals surface area contributed by atoms with E-state index in [9.17, 15) is 4.79 Å². The Morgan fingerprint density at radius 3 is 2.61 bits per heavy atom. The molecule has 0 atom stereocenters. The SMILES string of the molecule is CCOc1cc(/C=N\NC(=O)c2ccc(N3CCCC3)cc2)cc(Br)c1OC. The van der Waals surface area contributed by atoms with E-state index in [-0.39, 0.29) is 5.91 Å². The van der Waals surface area contributed by atoms with E-state index in [0.29, 0.717) is 23.7 Å². The van der Waals surface area contributed by atoms with Crippen LogP contribution in [0, 0.1) is 0 Å². The number of benzene rings is 2. The molecule has 7 heteroatoms. The second kappa shape index (κ2) is 9.59. The second-order valence-electron chi connectivity index (χ2n) is 6.41. The largest absolute Gasteiger partial charge is 0.492 e. The normalized spacial score (nSPS) is 13.8. The summed E-state index contributed by atoms with van der Waals surface area (Å²) in [5.74, 6) is 0.993. The summed E-state index contributed by atoms with van der Waals surface area (Å²) in [6.07, 6.45) is 4.02. The second-order valence-corrected chi connectivity index (χ2v) is 7.26. The number of anilines is 1. The molecule has 1 aliphatic rings. The highest BCUT2D eigenvalue weighted by Gasteiger charge is 2.13. The highest BCUT2D eigenvalue weighted by molar-refractivity contribution is 9.10. The molecule has 1 heterocycles. The van der Waals surface area contributed by atoms with Crippen LogP contribution in [0.3, 0.4) is 0 Å². The van der Waals surface area contributed by atoms with Crippen molar-refractivity contribution in [2.45, 2.75) is 19.8 Å². The van der Waals surface area contributed by atoms with Gasteiger partial charge in [0.05, 0.1) is 24.4 Å². The Balaban J connectivity index is 1.64. The molecule has 3 rings (SSSR count). The van der Waals surface area contributed by atoms with E-state index in [2.05, 4.69) is 31.4 Å². The molecule has 1 saturated heterocycles. The van der Waals surface area contributed by atoms with Crippen LogP contribution in [-0.2, 0) is 0 Å². The Hall–Kier alpha value is -2.54. The molecule has 2 aromatic rings. The molecule has 28 heavy (non-hydrogen) atoms. The van der Waals surface area contributed by atoms with Gasteiger partial charge in [0.15, 0.2) is 11.5 Å². The van der Waals surface area contributed by atoms with Crippen LogP contribution in [0.4, 0.5) is 5.69 Å². The van der Waals surface area contributed by atoms with Gasteiger partial charge in [-0.2, -0.15) is 5.10 Å². The first kappa shape index (κ1) is 20.2. The molecule has 0 unspecified atom stereocenters. The van der Waals surface area contributed by atoms with Gasteiger partial charge in [0.2, 0.25) is 0 Å². The lowest BCUT2D eigenvalue weighted by Gasteiger charge is -2.17. The predicted octanol–water partition coefficient (Wildman–Crippen LogP) is 4.22. The summed E-state index contributed by atoms with van der Waals surface area (Å²) < 4.78 is 11.7. The molecule has 0 saturated carbocycles. The predicted molar refractivity (Wildman–Crippen MR) is 115 cm³/mol. The van der Waals surface area contributed by atoms with E-state index < -0.39 is 0 Å². The number of halogens is 1. The number of carbonyl (C=O) groups is 1. The van der Waals surface area contributed by atoms with Crippen LogP contribution in [0.1, 0.15) is 35.7 Å². The summed E-state index contributed by atoms with van der Waals surface area (Å²) in [4.78, 5) is 14.6. The van der Waals surface area contributed by atoms with Crippen molar-refractivity contribution in [1.82, 2.24) is 5.43 Å². The van der Waals surface area contributed by atoms with Gasteiger partial charge in [0.25, 0.3) is 5.91 Å². The monoisotopic (exact) mass is 445 g/mol. The molecule has 0 spiro atoms. The zero-order valence-electron chi connectivity index (χ0n) is 16.1. The fourth-order valence-corrected chi connectivity index (χ4v) is 3.77. The maximum Gasteiger partial charge on any atom is 0.271 e.